The van der Waals surface area contributed by atoms with E-state index >= 15 is 0 Å². The molecule has 0 aliphatic carbocycles. The van der Waals surface area contributed by atoms with E-state index < -0.39 is 0 Å². The van der Waals surface area contributed by atoms with Gasteiger partial charge in [-0.25, -0.2) is 0 Å². The van der Waals surface area contributed by atoms with Gasteiger partial charge in [0.2, 0.25) is 0 Å². The smallest absolute Gasteiger partial charge is 0.274 e. The van der Waals surface area contributed by atoms with Gasteiger partial charge < -0.3 is 10.6 Å². The lowest BCUT2D eigenvalue weighted by molar-refractivity contribution is 0.0567. The van der Waals surface area contributed by atoms with E-state index in [1.807, 2.05) is 11.8 Å². The van der Waals surface area contributed by atoms with Gasteiger partial charge in [0.05, 0.1) is 0 Å². The van der Waals surface area contributed by atoms with Gasteiger partial charge in [0.1, 0.15) is 5.69 Å². The van der Waals surface area contributed by atoms with Crippen molar-refractivity contribution in [2.24, 2.45) is 11.7 Å². The molecule has 5 nitrogen and oxygen atoms in total. The van der Waals surface area contributed by atoms with Gasteiger partial charge in [-0.05, 0) is 31.7 Å². The number of carbonyl (C=O) groups excluding carboxylic acids is 1. The topological polar surface area (TPSA) is 75.0 Å². The van der Waals surface area contributed by atoms with E-state index in [2.05, 4.69) is 17.1 Å². The first kappa shape index (κ1) is 15.0. The van der Waals surface area contributed by atoms with Crippen LogP contribution in [0.25, 0.3) is 0 Å². The Hall–Kier alpha value is -1.07. The standard InChI is InChI=1S/C12H20N4O.ClH/c1-8-3-4-16(10(5-8)7-13)12(17)11-6-9(2)14-15-11;/h6,8,10H,3-5,7,13H2,1-2H3,(H,14,15);1H. The molecule has 2 heterocycles. The summed E-state index contributed by atoms with van der Waals surface area (Å²) in [6, 6.07) is 1.94. The predicted octanol–water partition coefficient (Wildman–Crippen LogP) is 1.34. The van der Waals surface area contributed by atoms with Crippen molar-refractivity contribution in [1.29, 1.82) is 0 Å². The summed E-state index contributed by atoms with van der Waals surface area (Å²) in [5.74, 6) is 0.644. The number of nitrogens with two attached hydrogens (primary N) is 1. The molecule has 1 aliphatic heterocycles. The van der Waals surface area contributed by atoms with Gasteiger partial charge in [0, 0.05) is 24.8 Å². The molecule has 1 aromatic rings. The van der Waals surface area contributed by atoms with Crippen molar-refractivity contribution in [3.8, 4) is 0 Å². The van der Waals surface area contributed by atoms with E-state index in [-0.39, 0.29) is 24.4 Å². The van der Waals surface area contributed by atoms with Crippen molar-refractivity contribution in [2.45, 2.75) is 32.7 Å². The average molecular weight is 273 g/mol. The van der Waals surface area contributed by atoms with Crippen LogP contribution < -0.4 is 5.73 Å². The maximum absolute atomic E-state index is 12.3. The summed E-state index contributed by atoms with van der Waals surface area (Å²) in [7, 11) is 0. The lowest BCUT2D eigenvalue weighted by Gasteiger charge is -2.37. The Morgan fingerprint density at radius 3 is 2.94 bits per heavy atom. The van der Waals surface area contributed by atoms with Gasteiger partial charge >= 0.3 is 0 Å². The number of hydrogen-bond acceptors (Lipinski definition) is 3. The first-order valence-electron chi connectivity index (χ1n) is 6.15. The zero-order chi connectivity index (χ0) is 12.4. The number of aromatic amines is 1. The number of hydrogen-bond donors (Lipinski definition) is 2. The molecule has 3 N–H and O–H groups in total. The largest absolute Gasteiger partial charge is 0.333 e. The van der Waals surface area contributed by atoms with Crippen LogP contribution >= 0.6 is 12.4 Å². The number of H-pyrrole nitrogens is 1. The Balaban J connectivity index is 0.00000162. The van der Waals surface area contributed by atoms with Crippen LogP contribution in [0.15, 0.2) is 6.07 Å². The van der Waals surface area contributed by atoms with Crippen LogP contribution in [0.3, 0.4) is 0 Å². The van der Waals surface area contributed by atoms with Crippen molar-refractivity contribution in [2.75, 3.05) is 13.1 Å². The van der Waals surface area contributed by atoms with Crippen LogP contribution in [0.5, 0.6) is 0 Å². The SMILES string of the molecule is Cc1cc(C(=O)N2CCC(C)CC2CN)n[nH]1.Cl. The van der Waals surface area contributed by atoms with Gasteiger partial charge in [-0.1, -0.05) is 6.92 Å². The summed E-state index contributed by atoms with van der Waals surface area (Å²) in [4.78, 5) is 14.1. The Labute approximate surface area is 114 Å². The lowest BCUT2D eigenvalue weighted by atomic mass is 9.92. The van der Waals surface area contributed by atoms with Crippen LogP contribution in [0.1, 0.15) is 35.9 Å². The van der Waals surface area contributed by atoms with Crippen LogP contribution in [0.4, 0.5) is 0 Å². The maximum atomic E-state index is 12.3. The third kappa shape index (κ3) is 3.03. The fraction of sp³-hybridized carbons (Fsp3) is 0.667. The molecule has 2 unspecified atom stereocenters. The highest BCUT2D eigenvalue weighted by Crippen LogP contribution is 2.23. The molecule has 1 amide bonds. The van der Waals surface area contributed by atoms with Crippen molar-refractivity contribution >= 4 is 18.3 Å². The van der Waals surface area contributed by atoms with Gasteiger partial charge in [-0.2, -0.15) is 5.10 Å². The molecule has 18 heavy (non-hydrogen) atoms. The minimum absolute atomic E-state index is 0. The van der Waals surface area contributed by atoms with Crippen LogP contribution in [-0.2, 0) is 0 Å². The molecular formula is C12H21ClN4O. The Bertz CT molecular complexity index is 407. The Morgan fingerprint density at radius 2 is 2.39 bits per heavy atom. The van der Waals surface area contributed by atoms with Crippen LogP contribution in [0, 0.1) is 12.8 Å². The summed E-state index contributed by atoms with van der Waals surface area (Å²) in [5, 5.41) is 6.82. The fourth-order valence-corrected chi connectivity index (χ4v) is 2.42. The van der Waals surface area contributed by atoms with E-state index in [0.717, 1.165) is 25.1 Å². The van der Waals surface area contributed by atoms with Crippen molar-refractivity contribution < 1.29 is 4.79 Å². The summed E-state index contributed by atoms with van der Waals surface area (Å²) in [5.41, 5.74) is 7.16. The number of aryl methyl sites for hydroxylation is 1. The number of nitrogens with one attached hydrogen (secondary N) is 1. The normalized spacial score (nSPS) is 23.6. The molecule has 1 fully saturated rings. The number of carbonyl (C=O) groups is 1. The predicted molar refractivity (Wildman–Crippen MR) is 72.8 cm³/mol. The third-order valence-corrected chi connectivity index (χ3v) is 3.44. The summed E-state index contributed by atoms with van der Waals surface area (Å²) >= 11 is 0. The highest BCUT2D eigenvalue weighted by molar-refractivity contribution is 5.92. The molecular weight excluding hydrogens is 252 g/mol. The highest BCUT2D eigenvalue weighted by atomic mass is 35.5. The first-order chi connectivity index (χ1) is 8.11. The number of amides is 1. The molecule has 0 saturated carbocycles. The average Bonchev–Trinajstić information content (AvgIpc) is 2.75. The number of nitrogens with zero attached hydrogens (tertiary/aromatic N) is 2. The maximum Gasteiger partial charge on any atom is 0.274 e. The van der Waals surface area contributed by atoms with Gasteiger partial charge in [-0.15, -0.1) is 12.4 Å². The zero-order valence-corrected chi connectivity index (χ0v) is 11.7. The van der Waals surface area contributed by atoms with Crippen molar-refractivity contribution in [3.63, 3.8) is 0 Å². The van der Waals surface area contributed by atoms with Crippen LogP contribution in [0.2, 0.25) is 0 Å². The van der Waals surface area contributed by atoms with Gasteiger partial charge in [0.15, 0.2) is 0 Å². The third-order valence-electron chi connectivity index (χ3n) is 3.44. The molecule has 0 spiro atoms. The molecule has 2 rings (SSSR count). The minimum atomic E-state index is -0.00306. The molecule has 1 aliphatic rings. The van der Waals surface area contributed by atoms with Crippen LogP contribution in [-0.4, -0.2) is 40.1 Å². The van der Waals surface area contributed by atoms with E-state index in [0.29, 0.717) is 18.2 Å². The summed E-state index contributed by atoms with van der Waals surface area (Å²) in [6.45, 7) is 5.42. The number of rotatable bonds is 2. The second kappa shape index (κ2) is 6.20. The summed E-state index contributed by atoms with van der Waals surface area (Å²) < 4.78 is 0. The monoisotopic (exact) mass is 272 g/mol. The van der Waals surface area contributed by atoms with Crippen molar-refractivity contribution in [3.05, 3.63) is 17.5 Å². The second-order valence-corrected chi connectivity index (χ2v) is 4.95. The van der Waals surface area contributed by atoms with Gasteiger partial charge in [-0.3, -0.25) is 9.89 Å². The van der Waals surface area contributed by atoms with E-state index in [1.165, 1.54) is 0 Å². The molecule has 0 radical (unpaired) electrons. The van der Waals surface area contributed by atoms with E-state index in [4.69, 9.17) is 5.73 Å². The molecule has 1 saturated heterocycles. The van der Waals surface area contributed by atoms with Crippen molar-refractivity contribution in [1.82, 2.24) is 15.1 Å². The number of halogens is 1. The zero-order valence-electron chi connectivity index (χ0n) is 10.8. The molecule has 0 aromatic carbocycles. The number of aromatic nitrogens is 2. The number of likely N-dealkylation sites (tertiary alicyclic amines) is 1. The van der Waals surface area contributed by atoms with Gasteiger partial charge in [0.25, 0.3) is 5.91 Å². The highest BCUT2D eigenvalue weighted by Gasteiger charge is 2.30. The first-order valence-corrected chi connectivity index (χ1v) is 6.15. The number of piperidine rings is 1. The molecule has 6 heteroatoms. The fourth-order valence-electron chi connectivity index (χ4n) is 2.42. The molecule has 2 atom stereocenters. The van der Waals surface area contributed by atoms with E-state index in [1.54, 1.807) is 6.07 Å². The Kier molecular flexibility index (Phi) is 5.16. The quantitative estimate of drug-likeness (QED) is 0.853. The minimum Gasteiger partial charge on any atom is -0.333 e. The summed E-state index contributed by atoms with van der Waals surface area (Å²) in [6.07, 6.45) is 2.04. The molecule has 1 aromatic heterocycles. The second-order valence-electron chi connectivity index (χ2n) is 4.95. The molecule has 0 bridgehead atoms. The Morgan fingerprint density at radius 1 is 1.67 bits per heavy atom. The molecule has 102 valence electrons. The lowest BCUT2D eigenvalue weighted by Crippen LogP contribution is -2.49. The van der Waals surface area contributed by atoms with E-state index in [9.17, 15) is 4.79 Å².